The third-order valence-electron chi connectivity index (χ3n) is 5.51. The van der Waals surface area contributed by atoms with Crippen LogP contribution in [0.1, 0.15) is 10.6 Å². The second-order valence-corrected chi connectivity index (χ2v) is 9.38. The number of nitrogens with one attached hydrogen (secondary N) is 1. The van der Waals surface area contributed by atoms with Gasteiger partial charge in [0.05, 0.1) is 33.4 Å². The first-order valence-electron chi connectivity index (χ1n) is 10.9. The molecule has 1 saturated heterocycles. The standard InChI is InChI=1S/C24H27N5O3S/c1-17-26-22-12-21(6-7-23(22)33-17)32-16-20(30)14-28-8-10-29(11-9-28)15-24(31)27-19-4-2-18(13-25)3-5-19/h2-7,12,20,30H,8-11,14-16H2,1H3,(H,27,31)/t20-/m1/s1. The Morgan fingerprint density at radius 1 is 1.21 bits per heavy atom. The Kier molecular flexibility index (Phi) is 7.52. The quantitative estimate of drug-likeness (QED) is 0.527. The number of fused-ring (bicyclic) bond motifs is 1. The molecule has 2 heterocycles. The van der Waals surface area contributed by atoms with Gasteiger partial charge in [-0.05, 0) is 43.3 Å². The van der Waals surface area contributed by atoms with Crippen LogP contribution in [-0.4, -0.2) is 77.8 Å². The summed E-state index contributed by atoms with van der Waals surface area (Å²) >= 11 is 1.65. The van der Waals surface area contributed by atoms with Crippen LogP contribution in [0.3, 0.4) is 0 Å². The van der Waals surface area contributed by atoms with Crippen LogP contribution in [0.15, 0.2) is 42.5 Å². The van der Waals surface area contributed by atoms with E-state index in [1.54, 1.807) is 35.6 Å². The molecule has 0 radical (unpaired) electrons. The lowest BCUT2D eigenvalue weighted by Crippen LogP contribution is -2.50. The van der Waals surface area contributed by atoms with Crippen LogP contribution in [0, 0.1) is 18.3 Å². The molecule has 1 aromatic heterocycles. The molecular weight excluding hydrogens is 438 g/mol. The number of benzene rings is 2. The molecule has 0 spiro atoms. The molecule has 0 bridgehead atoms. The minimum atomic E-state index is -0.593. The number of ether oxygens (including phenoxy) is 1. The summed E-state index contributed by atoms with van der Waals surface area (Å²) in [6.07, 6.45) is -0.593. The van der Waals surface area contributed by atoms with Crippen LogP contribution in [0.4, 0.5) is 5.69 Å². The molecule has 1 atom stereocenters. The van der Waals surface area contributed by atoms with Gasteiger partial charge in [-0.15, -0.1) is 11.3 Å². The van der Waals surface area contributed by atoms with Crippen molar-refractivity contribution in [1.29, 1.82) is 5.26 Å². The number of nitrogens with zero attached hydrogens (tertiary/aromatic N) is 4. The van der Waals surface area contributed by atoms with Crippen LogP contribution in [0.2, 0.25) is 0 Å². The molecule has 4 rings (SSSR count). The predicted octanol–water partition coefficient (Wildman–Crippen LogP) is 2.47. The Morgan fingerprint density at radius 3 is 2.67 bits per heavy atom. The molecule has 0 unspecified atom stereocenters. The molecule has 172 valence electrons. The van der Waals surface area contributed by atoms with Crippen molar-refractivity contribution in [2.45, 2.75) is 13.0 Å². The lowest BCUT2D eigenvalue weighted by Gasteiger charge is -2.35. The van der Waals surface area contributed by atoms with Gasteiger partial charge in [0.15, 0.2) is 0 Å². The van der Waals surface area contributed by atoms with Crippen LogP contribution in [0.5, 0.6) is 5.75 Å². The number of aromatic nitrogens is 1. The Balaban J connectivity index is 1.16. The molecule has 1 amide bonds. The van der Waals surface area contributed by atoms with Gasteiger partial charge in [-0.25, -0.2) is 4.98 Å². The predicted molar refractivity (Wildman–Crippen MR) is 129 cm³/mol. The monoisotopic (exact) mass is 465 g/mol. The minimum absolute atomic E-state index is 0.0751. The summed E-state index contributed by atoms with van der Waals surface area (Å²) in [6, 6.07) is 14.7. The summed E-state index contributed by atoms with van der Waals surface area (Å²) in [5.74, 6) is 0.638. The number of β-amino-alcohol motifs (C(OH)–C–C–N with tert-alkyl or cyclic N) is 1. The van der Waals surface area contributed by atoms with Crippen molar-refractivity contribution < 1.29 is 14.6 Å². The maximum absolute atomic E-state index is 12.3. The number of aryl methyl sites for hydroxylation is 1. The third kappa shape index (κ3) is 6.49. The number of carbonyl (C=O) groups excluding carboxylic acids is 1. The molecular formula is C24H27N5O3S. The van der Waals surface area contributed by atoms with Crippen LogP contribution < -0.4 is 10.1 Å². The number of anilines is 1. The molecule has 2 aromatic carbocycles. The van der Waals surface area contributed by atoms with Crippen LogP contribution in [-0.2, 0) is 4.79 Å². The highest BCUT2D eigenvalue weighted by Crippen LogP contribution is 2.25. The average molecular weight is 466 g/mol. The van der Waals surface area contributed by atoms with Crippen molar-refractivity contribution in [3.63, 3.8) is 0 Å². The summed E-state index contributed by atoms with van der Waals surface area (Å²) in [7, 11) is 0. The molecule has 8 nitrogen and oxygen atoms in total. The highest BCUT2D eigenvalue weighted by molar-refractivity contribution is 7.18. The summed E-state index contributed by atoms with van der Waals surface area (Å²) in [6.45, 7) is 6.14. The van der Waals surface area contributed by atoms with Gasteiger partial charge in [0.25, 0.3) is 0 Å². The summed E-state index contributed by atoms with van der Waals surface area (Å²) in [5.41, 5.74) is 2.17. The van der Waals surface area contributed by atoms with Gasteiger partial charge < -0.3 is 15.2 Å². The number of piperazine rings is 1. The Bertz CT molecular complexity index is 1130. The Morgan fingerprint density at radius 2 is 1.94 bits per heavy atom. The smallest absolute Gasteiger partial charge is 0.238 e. The summed E-state index contributed by atoms with van der Waals surface area (Å²) in [5, 5.41) is 23.1. The van der Waals surface area contributed by atoms with Crippen molar-refractivity contribution >= 4 is 33.1 Å². The maximum atomic E-state index is 12.3. The minimum Gasteiger partial charge on any atom is -0.491 e. The van der Waals surface area contributed by atoms with Crippen LogP contribution in [0.25, 0.3) is 10.2 Å². The van der Waals surface area contributed by atoms with E-state index in [4.69, 9.17) is 10.00 Å². The van der Waals surface area contributed by atoms with E-state index in [9.17, 15) is 9.90 Å². The molecule has 2 N–H and O–H groups in total. The maximum Gasteiger partial charge on any atom is 0.238 e. The van der Waals surface area contributed by atoms with Crippen LogP contribution >= 0.6 is 11.3 Å². The van der Waals surface area contributed by atoms with E-state index in [-0.39, 0.29) is 12.5 Å². The number of aliphatic hydroxyl groups is 1. The molecule has 3 aromatic rings. The highest BCUT2D eigenvalue weighted by atomic mass is 32.1. The zero-order chi connectivity index (χ0) is 23.2. The van der Waals surface area contributed by atoms with E-state index < -0.39 is 6.10 Å². The van der Waals surface area contributed by atoms with E-state index in [0.717, 1.165) is 41.4 Å². The first-order chi connectivity index (χ1) is 16.0. The Labute approximate surface area is 197 Å². The third-order valence-corrected chi connectivity index (χ3v) is 6.46. The van der Waals surface area contributed by atoms with E-state index in [1.165, 1.54) is 0 Å². The number of thiazole rings is 1. The number of amides is 1. The van der Waals surface area contributed by atoms with E-state index >= 15 is 0 Å². The van der Waals surface area contributed by atoms with Gasteiger partial charge in [-0.1, -0.05) is 0 Å². The van der Waals surface area contributed by atoms with Gasteiger partial charge in [-0.3, -0.25) is 14.6 Å². The molecule has 0 saturated carbocycles. The molecule has 33 heavy (non-hydrogen) atoms. The second-order valence-electron chi connectivity index (χ2n) is 8.14. The number of hydrogen-bond acceptors (Lipinski definition) is 8. The highest BCUT2D eigenvalue weighted by Gasteiger charge is 2.21. The zero-order valence-corrected chi connectivity index (χ0v) is 19.3. The van der Waals surface area contributed by atoms with Gasteiger partial charge >= 0.3 is 0 Å². The van der Waals surface area contributed by atoms with Gasteiger partial charge in [0, 0.05) is 44.5 Å². The van der Waals surface area contributed by atoms with Crippen molar-refractivity contribution in [3.8, 4) is 11.8 Å². The first-order valence-corrected chi connectivity index (χ1v) is 11.7. The van der Waals surface area contributed by atoms with E-state index in [1.807, 2.05) is 25.1 Å². The molecule has 1 aliphatic heterocycles. The topological polar surface area (TPSA) is 102 Å². The van der Waals surface area contributed by atoms with E-state index in [2.05, 4.69) is 26.2 Å². The normalized spacial score (nSPS) is 15.8. The molecule has 9 heteroatoms. The lowest BCUT2D eigenvalue weighted by atomic mass is 10.2. The fourth-order valence-electron chi connectivity index (χ4n) is 3.82. The lowest BCUT2D eigenvalue weighted by molar-refractivity contribution is -0.117. The number of rotatable bonds is 8. The van der Waals surface area contributed by atoms with Gasteiger partial charge in [0.2, 0.25) is 5.91 Å². The van der Waals surface area contributed by atoms with Crippen molar-refractivity contribution in [1.82, 2.24) is 14.8 Å². The fraction of sp³-hybridized carbons (Fsp3) is 0.375. The molecule has 0 aliphatic carbocycles. The number of carbonyl (C=O) groups is 1. The SMILES string of the molecule is Cc1nc2cc(OC[C@H](O)CN3CCN(CC(=O)Nc4ccc(C#N)cc4)CC3)ccc2s1. The zero-order valence-electron chi connectivity index (χ0n) is 18.5. The van der Waals surface area contributed by atoms with Gasteiger partial charge in [0.1, 0.15) is 18.5 Å². The van der Waals surface area contributed by atoms with Crippen molar-refractivity contribution in [2.24, 2.45) is 0 Å². The van der Waals surface area contributed by atoms with Gasteiger partial charge in [-0.2, -0.15) is 5.26 Å². The number of aliphatic hydroxyl groups excluding tert-OH is 1. The fourth-order valence-corrected chi connectivity index (χ4v) is 4.62. The first kappa shape index (κ1) is 23.1. The second kappa shape index (κ2) is 10.7. The van der Waals surface area contributed by atoms with Crippen molar-refractivity contribution in [3.05, 3.63) is 53.0 Å². The summed E-state index contributed by atoms with van der Waals surface area (Å²) < 4.78 is 6.91. The molecule has 1 aliphatic rings. The number of hydrogen-bond donors (Lipinski definition) is 2. The summed E-state index contributed by atoms with van der Waals surface area (Å²) in [4.78, 5) is 21.1. The largest absolute Gasteiger partial charge is 0.491 e. The average Bonchev–Trinajstić information content (AvgIpc) is 3.18. The molecule has 1 fully saturated rings. The Hall–Kier alpha value is -3.03. The number of nitriles is 1. The van der Waals surface area contributed by atoms with E-state index in [0.29, 0.717) is 30.1 Å². The van der Waals surface area contributed by atoms with Crippen molar-refractivity contribution in [2.75, 3.05) is 51.2 Å².